The number of hydrogen-bond donors (Lipinski definition) is 1. The second-order valence-corrected chi connectivity index (χ2v) is 6.98. The van der Waals surface area contributed by atoms with Crippen LogP contribution in [0.4, 0.5) is 9.18 Å². The van der Waals surface area contributed by atoms with E-state index in [1.54, 1.807) is 25.1 Å². The molecule has 3 rings (SSSR count). The molecule has 2 aromatic rings. The summed E-state index contributed by atoms with van der Waals surface area (Å²) in [4.78, 5) is 26.1. The Hall–Kier alpha value is -1.92. The highest BCUT2D eigenvalue weighted by atomic mass is 79.9. The van der Waals surface area contributed by atoms with E-state index in [0.29, 0.717) is 5.56 Å². The van der Waals surface area contributed by atoms with Crippen LogP contribution in [0.25, 0.3) is 0 Å². The Bertz CT molecular complexity index is 825. The summed E-state index contributed by atoms with van der Waals surface area (Å²) >= 11 is 9.35. The standard InChI is InChI=1S/C17H13BrClFN2O2/c1-17(10-4-2-5-11(18)8-10)15(23)22(16(24)21-17)9-12-13(19)6-3-7-14(12)20/h2-8H,9H2,1H3,(H,21,24)/t17-/m1/s1. The monoisotopic (exact) mass is 410 g/mol. The molecule has 7 heteroatoms. The van der Waals surface area contributed by atoms with Crippen molar-refractivity contribution in [1.29, 1.82) is 0 Å². The van der Waals surface area contributed by atoms with Gasteiger partial charge in [0.1, 0.15) is 11.4 Å². The van der Waals surface area contributed by atoms with Gasteiger partial charge < -0.3 is 5.32 Å². The fraction of sp³-hybridized carbons (Fsp3) is 0.176. The fourth-order valence-corrected chi connectivity index (χ4v) is 3.30. The summed E-state index contributed by atoms with van der Waals surface area (Å²) in [6, 6.07) is 10.8. The molecule has 1 saturated heterocycles. The minimum atomic E-state index is -1.21. The van der Waals surface area contributed by atoms with E-state index < -0.39 is 23.3 Å². The lowest BCUT2D eigenvalue weighted by atomic mass is 9.92. The number of carbonyl (C=O) groups excluding carboxylic acids is 2. The summed E-state index contributed by atoms with van der Waals surface area (Å²) in [7, 11) is 0. The molecule has 1 aliphatic heterocycles. The quantitative estimate of drug-likeness (QED) is 0.769. The summed E-state index contributed by atoms with van der Waals surface area (Å²) < 4.78 is 14.8. The third-order valence-electron chi connectivity index (χ3n) is 4.05. The molecule has 1 aliphatic rings. The van der Waals surface area contributed by atoms with E-state index >= 15 is 0 Å². The van der Waals surface area contributed by atoms with Crippen molar-refractivity contribution >= 4 is 39.5 Å². The predicted molar refractivity (Wildman–Crippen MR) is 92.0 cm³/mol. The van der Waals surface area contributed by atoms with Crippen molar-refractivity contribution in [3.8, 4) is 0 Å². The van der Waals surface area contributed by atoms with E-state index in [4.69, 9.17) is 11.6 Å². The number of urea groups is 1. The number of carbonyl (C=O) groups is 2. The summed E-state index contributed by atoms with van der Waals surface area (Å²) in [5.41, 5.74) is -0.461. The van der Waals surface area contributed by atoms with Gasteiger partial charge in [-0.1, -0.05) is 45.7 Å². The Morgan fingerprint density at radius 3 is 2.62 bits per heavy atom. The first-order chi connectivity index (χ1) is 11.3. The summed E-state index contributed by atoms with van der Waals surface area (Å²) in [5.74, 6) is -1.01. The second-order valence-electron chi connectivity index (χ2n) is 5.66. The zero-order valence-electron chi connectivity index (χ0n) is 12.6. The zero-order valence-corrected chi connectivity index (χ0v) is 15.0. The number of imide groups is 1. The lowest BCUT2D eigenvalue weighted by Crippen LogP contribution is -2.40. The van der Waals surface area contributed by atoms with Crippen LogP contribution in [0.5, 0.6) is 0 Å². The lowest BCUT2D eigenvalue weighted by Gasteiger charge is -2.22. The molecule has 24 heavy (non-hydrogen) atoms. The van der Waals surface area contributed by atoms with Crippen molar-refractivity contribution in [1.82, 2.24) is 10.2 Å². The second kappa shape index (κ2) is 6.18. The summed E-state index contributed by atoms with van der Waals surface area (Å²) in [6.45, 7) is 1.40. The predicted octanol–water partition coefficient (Wildman–Crippen LogP) is 4.21. The van der Waals surface area contributed by atoms with E-state index in [2.05, 4.69) is 21.2 Å². The number of nitrogens with one attached hydrogen (secondary N) is 1. The Balaban J connectivity index is 1.95. The highest BCUT2D eigenvalue weighted by molar-refractivity contribution is 9.10. The zero-order chi connectivity index (χ0) is 17.5. The molecule has 0 spiro atoms. The molecule has 1 N–H and O–H groups in total. The molecule has 1 atom stereocenters. The number of nitrogens with zero attached hydrogens (tertiary/aromatic N) is 1. The minimum Gasteiger partial charge on any atom is -0.319 e. The van der Waals surface area contributed by atoms with Crippen LogP contribution in [0.15, 0.2) is 46.9 Å². The van der Waals surface area contributed by atoms with Crippen molar-refractivity contribution in [3.05, 3.63) is 68.9 Å². The molecule has 2 aromatic carbocycles. The van der Waals surface area contributed by atoms with Gasteiger partial charge in [-0.25, -0.2) is 9.18 Å². The Kier molecular flexibility index (Phi) is 4.36. The maximum absolute atomic E-state index is 14.0. The molecule has 124 valence electrons. The maximum Gasteiger partial charge on any atom is 0.325 e. The number of rotatable bonds is 3. The molecule has 3 amide bonds. The number of benzene rings is 2. The van der Waals surface area contributed by atoms with E-state index in [1.807, 2.05) is 6.07 Å². The molecule has 1 heterocycles. The van der Waals surface area contributed by atoms with Crippen LogP contribution in [0.2, 0.25) is 5.02 Å². The van der Waals surface area contributed by atoms with Crippen LogP contribution >= 0.6 is 27.5 Å². The first kappa shape index (κ1) is 16.9. The van der Waals surface area contributed by atoms with E-state index in [-0.39, 0.29) is 17.1 Å². The average molecular weight is 412 g/mol. The molecule has 0 saturated carbocycles. The van der Waals surface area contributed by atoms with Crippen LogP contribution in [0.1, 0.15) is 18.1 Å². The summed E-state index contributed by atoms with van der Waals surface area (Å²) in [6.07, 6.45) is 0. The lowest BCUT2D eigenvalue weighted by molar-refractivity contribution is -0.131. The molecule has 4 nitrogen and oxygen atoms in total. The molecule has 0 aromatic heterocycles. The molecular weight excluding hydrogens is 399 g/mol. The van der Waals surface area contributed by atoms with Gasteiger partial charge in [0.15, 0.2) is 0 Å². The van der Waals surface area contributed by atoms with Crippen LogP contribution in [0, 0.1) is 5.82 Å². The largest absolute Gasteiger partial charge is 0.325 e. The Morgan fingerprint density at radius 1 is 1.25 bits per heavy atom. The van der Waals surface area contributed by atoms with Crippen LogP contribution < -0.4 is 5.32 Å². The van der Waals surface area contributed by atoms with Crippen LogP contribution in [0.3, 0.4) is 0 Å². The van der Waals surface area contributed by atoms with Crippen molar-refractivity contribution in [2.75, 3.05) is 0 Å². The van der Waals surface area contributed by atoms with Gasteiger partial charge in [0.05, 0.1) is 6.54 Å². The van der Waals surface area contributed by atoms with E-state index in [9.17, 15) is 14.0 Å². The van der Waals surface area contributed by atoms with Gasteiger partial charge in [-0.15, -0.1) is 0 Å². The maximum atomic E-state index is 14.0. The summed E-state index contributed by atoms with van der Waals surface area (Å²) in [5, 5.41) is 2.86. The first-order valence-corrected chi connectivity index (χ1v) is 8.33. The van der Waals surface area contributed by atoms with Gasteiger partial charge in [-0.3, -0.25) is 9.69 Å². The Labute approximate surface area is 151 Å². The molecule has 1 fully saturated rings. The van der Waals surface area contributed by atoms with Gasteiger partial charge in [0.2, 0.25) is 0 Å². The smallest absolute Gasteiger partial charge is 0.319 e. The SMILES string of the molecule is C[C@]1(c2cccc(Br)c2)NC(=O)N(Cc2c(F)cccc2Cl)C1=O. The normalized spacial score (nSPS) is 20.4. The Morgan fingerprint density at radius 2 is 1.96 bits per heavy atom. The number of amides is 3. The molecular formula is C17H13BrClFN2O2. The van der Waals surface area contributed by atoms with Crippen molar-refractivity contribution < 1.29 is 14.0 Å². The minimum absolute atomic E-state index is 0.112. The third kappa shape index (κ3) is 2.80. The van der Waals surface area contributed by atoms with Gasteiger partial charge in [-0.2, -0.15) is 0 Å². The number of halogens is 3. The van der Waals surface area contributed by atoms with Gasteiger partial charge in [0, 0.05) is 15.1 Å². The first-order valence-electron chi connectivity index (χ1n) is 7.16. The highest BCUT2D eigenvalue weighted by Gasteiger charge is 2.49. The van der Waals surface area contributed by atoms with Crippen LogP contribution in [-0.4, -0.2) is 16.8 Å². The fourth-order valence-electron chi connectivity index (χ4n) is 2.68. The highest BCUT2D eigenvalue weighted by Crippen LogP contribution is 2.32. The molecule has 0 aliphatic carbocycles. The van der Waals surface area contributed by atoms with Crippen molar-refractivity contribution in [3.63, 3.8) is 0 Å². The topological polar surface area (TPSA) is 49.4 Å². The average Bonchev–Trinajstić information content (AvgIpc) is 2.75. The van der Waals surface area contributed by atoms with E-state index in [0.717, 1.165) is 9.37 Å². The van der Waals surface area contributed by atoms with Gasteiger partial charge in [0.25, 0.3) is 5.91 Å². The number of hydrogen-bond acceptors (Lipinski definition) is 2. The molecule has 0 bridgehead atoms. The van der Waals surface area contributed by atoms with E-state index in [1.165, 1.54) is 18.2 Å². The van der Waals surface area contributed by atoms with Gasteiger partial charge in [-0.05, 0) is 36.8 Å². The third-order valence-corrected chi connectivity index (χ3v) is 4.90. The van der Waals surface area contributed by atoms with Crippen LogP contribution in [-0.2, 0) is 16.9 Å². The van der Waals surface area contributed by atoms with Gasteiger partial charge >= 0.3 is 6.03 Å². The van der Waals surface area contributed by atoms with Crippen molar-refractivity contribution in [2.45, 2.75) is 19.0 Å². The van der Waals surface area contributed by atoms with Crippen molar-refractivity contribution in [2.24, 2.45) is 0 Å². The molecule has 0 unspecified atom stereocenters. The molecule has 0 radical (unpaired) electrons.